The summed E-state index contributed by atoms with van der Waals surface area (Å²) in [5.41, 5.74) is -0.662. The number of aromatic nitrogens is 3. The molecule has 28 heavy (non-hydrogen) atoms. The number of anilines is 1. The average Bonchev–Trinajstić information content (AvgIpc) is 3.31. The van der Waals surface area contributed by atoms with E-state index in [1.165, 1.54) is 12.8 Å². The highest BCUT2D eigenvalue weighted by molar-refractivity contribution is 6.03. The third-order valence-electron chi connectivity index (χ3n) is 5.62. The van der Waals surface area contributed by atoms with Crippen molar-refractivity contribution in [2.45, 2.75) is 50.9 Å². The molecule has 0 aliphatic carbocycles. The van der Waals surface area contributed by atoms with Gasteiger partial charge in [-0.05, 0) is 63.5 Å². The zero-order chi connectivity index (χ0) is 19.9. The largest absolute Gasteiger partial charge is 0.416 e. The van der Waals surface area contributed by atoms with Gasteiger partial charge in [0.25, 0.3) is 5.91 Å². The third kappa shape index (κ3) is 3.63. The van der Waals surface area contributed by atoms with E-state index in [1.807, 2.05) is 4.68 Å². The van der Waals surface area contributed by atoms with Crippen LogP contribution < -0.4 is 5.32 Å². The molecule has 1 saturated heterocycles. The van der Waals surface area contributed by atoms with Gasteiger partial charge in [-0.25, -0.2) is 4.68 Å². The molecule has 3 heterocycles. The van der Waals surface area contributed by atoms with Crippen molar-refractivity contribution in [3.05, 3.63) is 41.2 Å². The van der Waals surface area contributed by atoms with Crippen LogP contribution in [0.25, 0.3) is 0 Å². The van der Waals surface area contributed by atoms with Crippen LogP contribution in [0, 0.1) is 0 Å². The minimum absolute atomic E-state index is 0.128. The molecule has 0 radical (unpaired) electrons. The smallest absolute Gasteiger partial charge is 0.298 e. The summed E-state index contributed by atoms with van der Waals surface area (Å²) in [5.74, 6) is 0.486. The van der Waals surface area contributed by atoms with Crippen molar-refractivity contribution in [1.29, 1.82) is 0 Å². The topological polar surface area (TPSA) is 63.1 Å². The fraction of sp³-hybridized carbons (Fsp3) is 0.526. The Labute approximate surface area is 160 Å². The summed E-state index contributed by atoms with van der Waals surface area (Å²) in [4.78, 5) is 19.3. The molecule has 1 fully saturated rings. The number of carbonyl (C=O) groups is 1. The lowest BCUT2D eigenvalue weighted by Crippen LogP contribution is -2.42. The number of hydrogen-bond acceptors (Lipinski definition) is 4. The molecular weight excluding hydrogens is 371 g/mol. The van der Waals surface area contributed by atoms with Crippen molar-refractivity contribution in [3.63, 3.8) is 0 Å². The first-order valence-electron chi connectivity index (χ1n) is 9.51. The van der Waals surface area contributed by atoms with Crippen LogP contribution in [0.15, 0.2) is 24.3 Å². The maximum atomic E-state index is 12.7. The molecule has 1 aromatic heterocycles. The van der Waals surface area contributed by atoms with Gasteiger partial charge in [-0.2, -0.15) is 18.2 Å². The summed E-state index contributed by atoms with van der Waals surface area (Å²) < 4.78 is 39.8. The van der Waals surface area contributed by atoms with Gasteiger partial charge in [-0.1, -0.05) is 0 Å². The first-order chi connectivity index (χ1) is 13.3. The maximum absolute atomic E-state index is 12.7. The molecule has 0 bridgehead atoms. The lowest BCUT2D eigenvalue weighted by atomic mass is 9.99. The van der Waals surface area contributed by atoms with Gasteiger partial charge in [0, 0.05) is 18.0 Å². The molecule has 2 aliphatic heterocycles. The Bertz CT molecular complexity index is 855. The van der Waals surface area contributed by atoms with Crippen molar-refractivity contribution in [2.24, 2.45) is 0 Å². The molecule has 0 spiro atoms. The van der Waals surface area contributed by atoms with Crippen molar-refractivity contribution in [3.8, 4) is 0 Å². The van der Waals surface area contributed by atoms with E-state index in [1.54, 1.807) is 0 Å². The van der Waals surface area contributed by atoms with Crippen molar-refractivity contribution in [2.75, 3.05) is 18.4 Å². The highest BCUT2D eigenvalue weighted by Gasteiger charge is 2.34. The number of rotatable bonds is 3. The van der Waals surface area contributed by atoms with Crippen LogP contribution in [0.4, 0.5) is 19.1 Å². The Balaban J connectivity index is 1.46. The first kappa shape index (κ1) is 18.9. The molecule has 9 heteroatoms. The predicted octanol–water partition coefficient (Wildman–Crippen LogP) is 3.52. The van der Waals surface area contributed by atoms with Gasteiger partial charge in [0.15, 0.2) is 0 Å². The van der Waals surface area contributed by atoms with Crippen molar-refractivity contribution < 1.29 is 18.0 Å². The third-order valence-corrected chi connectivity index (χ3v) is 5.62. The van der Waals surface area contributed by atoms with Gasteiger partial charge in [0.1, 0.15) is 5.82 Å². The number of hydrogen-bond donors (Lipinski definition) is 1. The summed E-state index contributed by atoms with van der Waals surface area (Å²) in [5, 5.41) is 7.04. The molecule has 2 aliphatic rings. The summed E-state index contributed by atoms with van der Waals surface area (Å²) in [6, 6.07) is 4.66. The van der Waals surface area contributed by atoms with E-state index in [2.05, 4.69) is 27.2 Å². The lowest BCUT2D eigenvalue weighted by molar-refractivity contribution is -0.137. The van der Waals surface area contributed by atoms with Gasteiger partial charge in [0.05, 0.1) is 11.6 Å². The van der Waals surface area contributed by atoms with E-state index >= 15 is 0 Å². The van der Waals surface area contributed by atoms with Gasteiger partial charge in [-0.15, -0.1) is 5.10 Å². The maximum Gasteiger partial charge on any atom is 0.416 e. The Morgan fingerprint density at radius 3 is 2.50 bits per heavy atom. The summed E-state index contributed by atoms with van der Waals surface area (Å²) in [7, 11) is 0. The fourth-order valence-corrected chi connectivity index (χ4v) is 4.13. The number of benzene rings is 1. The molecule has 1 N–H and O–H groups in total. The van der Waals surface area contributed by atoms with Crippen LogP contribution in [0.2, 0.25) is 0 Å². The van der Waals surface area contributed by atoms with Crippen LogP contribution >= 0.6 is 0 Å². The lowest BCUT2D eigenvalue weighted by Gasteiger charge is -2.36. The minimum Gasteiger partial charge on any atom is -0.298 e. The summed E-state index contributed by atoms with van der Waals surface area (Å²) >= 11 is 0. The van der Waals surface area contributed by atoms with E-state index < -0.39 is 17.6 Å². The number of halogens is 3. The van der Waals surface area contributed by atoms with Crippen LogP contribution in [-0.2, 0) is 12.6 Å². The van der Waals surface area contributed by atoms with Gasteiger partial charge >= 0.3 is 6.18 Å². The highest BCUT2D eigenvalue weighted by Crippen LogP contribution is 2.31. The normalized spacial score (nSPS) is 22.9. The van der Waals surface area contributed by atoms with E-state index in [0.29, 0.717) is 6.04 Å². The van der Waals surface area contributed by atoms with E-state index in [4.69, 9.17) is 0 Å². The van der Waals surface area contributed by atoms with Gasteiger partial charge in [-0.3, -0.25) is 15.0 Å². The van der Waals surface area contributed by atoms with E-state index in [9.17, 15) is 18.0 Å². The average molecular weight is 393 g/mol. The second kappa shape index (κ2) is 7.20. The zero-order valence-electron chi connectivity index (χ0n) is 15.5. The number of carbonyl (C=O) groups excluding carboxylic acids is 1. The molecular formula is C19H22F3N5O. The number of likely N-dealkylation sites (tertiary alicyclic amines) is 1. The standard InChI is InChI=1S/C19H22F3N5O/c1-12-15(26-10-2-3-11-26)8-9-16-23-18(25-27(12)16)24-17(28)13-4-6-14(7-5-13)19(20,21)22/h4-7,12,15H,2-3,8-11H2,1H3,(H,24,25,28). The number of nitrogens with one attached hydrogen (secondary N) is 1. The zero-order valence-corrected chi connectivity index (χ0v) is 15.5. The Hall–Kier alpha value is -2.42. The fourth-order valence-electron chi connectivity index (χ4n) is 4.13. The van der Waals surface area contributed by atoms with E-state index in [-0.39, 0.29) is 17.6 Å². The van der Waals surface area contributed by atoms with Crippen molar-refractivity contribution in [1.82, 2.24) is 19.7 Å². The molecule has 6 nitrogen and oxygen atoms in total. The van der Waals surface area contributed by atoms with Crippen LogP contribution in [0.1, 0.15) is 54.0 Å². The molecule has 1 amide bonds. The molecule has 4 rings (SSSR count). The number of nitrogens with zero attached hydrogens (tertiary/aromatic N) is 4. The minimum atomic E-state index is -4.43. The SMILES string of the molecule is CC1C(N2CCCC2)CCc2nc(NC(=O)c3ccc(C(F)(F)F)cc3)nn21. The second-order valence-electron chi connectivity index (χ2n) is 7.42. The molecule has 1 aromatic carbocycles. The van der Waals surface area contributed by atoms with Crippen molar-refractivity contribution >= 4 is 11.9 Å². The summed E-state index contributed by atoms with van der Waals surface area (Å²) in [6.07, 6.45) is -0.188. The molecule has 150 valence electrons. The molecule has 2 aromatic rings. The predicted molar refractivity (Wildman–Crippen MR) is 97.0 cm³/mol. The quantitative estimate of drug-likeness (QED) is 0.867. The number of aryl methyl sites for hydroxylation is 1. The van der Waals surface area contributed by atoms with Gasteiger partial charge in [0.2, 0.25) is 5.95 Å². The van der Waals surface area contributed by atoms with Gasteiger partial charge < -0.3 is 0 Å². The van der Waals surface area contributed by atoms with Crippen LogP contribution in [0.3, 0.4) is 0 Å². The second-order valence-corrected chi connectivity index (χ2v) is 7.42. The monoisotopic (exact) mass is 393 g/mol. The number of amides is 1. The molecule has 0 saturated carbocycles. The molecule has 2 atom stereocenters. The highest BCUT2D eigenvalue weighted by atomic mass is 19.4. The Kier molecular flexibility index (Phi) is 4.86. The number of alkyl halides is 3. The first-order valence-corrected chi connectivity index (χ1v) is 9.51. The molecule has 2 unspecified atom stereocenters. The summed E-state index contributed by atoms with van der Waals surface area (Å²) in [6.45, 7) is 4.33. The number of fused-ring (bicyclic) bond motifs is 1. The van der Waals surface area contributed by atoms with Crippen LogP contribution in [-0.4, -0.2) is 44.7 Å². The Morgan fingerprint density at radius 2 is 1.86 bits per heavy atom. The van der Waals surface area contributed by atoms with E-state index in [0.717, 1.165) is 56.0 Å². The van der Waals surface area contributed by atoms with Crippen LogP contribution in [0.5, 0.6) is 0 Å². The Morgan fingerprint density at radius 1 is 1.18 bits per heavy atom.